The highest BCUT2D eigenvalue weighted by Gasteiger charge is 2.29. The van der Waals surface area contributed by atoms with E-state index in [0.29, 0.717) is 11.3 Å². The molecule has 1 rings (SSSR count). The molecule has 0 saturated carbocycles. The molecule has 2 heteroatoms. The Hall–Kier alpha value is -0.0800. The summed E-state index contributed by atoms with van der Waals surface area (Å²) in [5.74, 6) is 1.62. The molecule has 102 valence electrons. The molecule has 0 bridgehead atoms. The fourth-order valence-electron chi connectivity index (χ4n) is 3.04. The Morgan fingerprint density at radius 3 is 2.24 bits per heavy atom. The molecule has 1 atom stereocenters. The van der Waals surface area contributed by atoms with Crippen LogP contribution in [0.25, 0.3) is 0 Å². The van der Waals surface area contributed by atoms with Gasteiger partial charge in [0.05, 0.1) is 0 Å². The third-order valence-corrected chi connectivity index (χ3v) is 4.36. The third-order valence-electron chi connectivity index (χ3n) is 4.36. The van der Waals surface area contributed by atoms with E-state index in [2.05, 4.69) is 32.6 Å². The third kappa shape index (κ3) is 4.97. The zero-order valence-electron chi connectivity index (χ0n) is 12.3. The van der Waals surface area contributed by atoms with E-state index in [1.165, 1.54) is 45.3 Å². The van der Waals surface area contributed by atoms with Crippen molar-refractivity contribution >= 4 is 0 Å². The number of hydrogen-bond donors (Lipinski definition) is 1. The van der Waals surface area contributed by atoms with Crippen LogP contribution in [0.4, 0.5) is 0 Å². The van der Waals surface area contributed by atoms with Crippen molar-refractivity contribution in [2.24, 2.45) is 23.0 Å². The summed E-state index contributed by atoms with van der Waals surface area (Å²) in [5.41, 5.74) is 6.33. The molecule has 1 fully saturated rings. The fourth-order valence-corrected chi connectivity index (χ4v) is 3.04. The number of likely N-dealkylation sites (tertiary alicyclic amines) is 1. The van der Waals surface area contributed by atoms with Gasteiger partial charge in [-0.2, -0.15) is 0 Å². The van der Waals surface area contributed by atoms with Gasteiger partial charge >= 0.3 is 0 Å². The van der Waals surface area contributed by atoms with Crippen molar-refractivity contribution in [3.8, 4) is 0 Å². The zero-order valence-corrected chi connectivity index (χ0v) is 12.3. The molecule has 2 N–H and O–H groups in total. The molecule has 1 heterocycles. The summed E-state index contributed by atoms with van der Waals surface area (Å²) in [6.07, 6.45) is 5.29. The second kappa shape index (κ2) is 6.75. The van der Waals surface area contributed by atoms with Gasteiger partial charge in [0, 0.05) is 6.54 Å². The van der Waals surface area contributed by atoms with Crippen molar-refractivity contribution in [1.82, 2.24) is 4.90 Å². The predicted molar refractivity (Wildman–Crippen MR) is 76.1 cm³/mol. The lowest BCUT2D eigenvalue weighted by Crippen LogP contribution is -2.41. The van der Waals surface area contributed by atoms with Crippen molar-refractivity contribution in [3.63, 3.8) is 0 Å². The monoisotopic (exact) mass is 240 g/mol. The van der Waals surface area contributed by atoms with E-state index in [1.54, 1.807) is 0 Å². The lowest BCUT2D eigenvalue weighted by Gasteiger charge is -2.39. The van der Waals surface area contributed by atoms with Crippen molar-refractivity contribution < 1.29 is 0 Å². The van der Waals surface area contributed by atoms with Gasteiger partial charge in [-0.25, -0.2) is 0 Å². The number of rotatable bonds is 5. The van der Waals surface area contributed by atoms with Crippen molar-refractivity contribution in [2.45, 2.75) is 53.4 Å². The summed E-state index contributed by atoms with van der Waals surface area (Å²) in [6.45, 7) is 14.0. The molecule has 0 spiro atoms. The molecule has 0 aromatic rings. The van der Waals surface area contributed by atoms with Crippen LogP contribution in [0.1, 0.15) is 53.4 Å². The van der Waals surface area contributed by atoms with Gasteiger partial charge in [-0.05, 0) is 56.1 Å². The van der Waals surface area contributed by atoms with Crippen molar-refractivity contribution in [2.75, 3.05) is 26.2 Å². The van der Waals surface area contributed by atoms with E-state index >= 15 is 0 Å². The Bertz CT molecular complexity index is 199. The highest BCUT2D eigenvalue weighted by atomic mass is 15.1. The van der Waals surface area contributed by atoms with E-state index in [1.807, 2.05) is 0 Å². The molecule has 0 radical (unpaired) electrons. The Balaban J connectivity index is 2.31. The summed E-state index contributed by atoms with van der Waals surface area (Å²) >= 11 is 0. The summed E-state index contributed by atoms with van der Waals surface area (Å²) in [6, 6.07) is 0. The van der Waals surface area contributed by atoms with E-state index < -0.39 is 0 Å². The highest BCUT2D eigenvalue weighted by molar-refractivity contribution is 4.81. The van der Waals surface area contributed by atoms with Crippen molar-refractivity contribution in [3.05, 3.63) is 0 Å². The molecule has 17 heavy (non-hydrogen) atoms. The molecule has 0 aromatic heterocycles. The average Bonchev–Trinajstić information content (AvgIpc) is 2.28. The van der Waals surface area contributed by atoms with Gasteiger partial charge in [0.15, 0.2) is 0 Å². The number of nitrogens with zero attached hydrogens (tertiary/aromatic N) is 1. The maximum absolute atomic E-state index is 5.85. The largest absolute Gasteiger partial charge is 0.330 e. The minimum Gasteiger partial charge on any atom is -0.330 e. The average molecular weight is 240 g/mol. The van der Waals surface area contributed by atoms with E-state index in [-0.39, 0.29) is 0 Å². The van der Waals surface area contributed by atoms with Crippen LogP contribution in [0.3, 0.4) is 0 Å². The van der Waals surface area contributed by atoms with Crippen molar-refractivity contribution in [1.29, 1.82) is 0 Å². The van der Waals surface area contributed by atoms with Gasteiger partial charge in [0.25, 0.3) is 0 Å². The lowest BCUT2D eigenvalue weighted by atomic mass is 9.75. The Labute approximate surface area is 108 Å². The molecule has 1 aliphatic heterocycles. The molecule has 1 aliphatic rings. The normalized spacial score (nSPS) is 21.7. The Kier molecular flexibility index (Phi) is 5.94. The molecule has 1 saturated heterocycles. The lowest BCUT2D eigenvalue weighted by molar-refractivity contribution is 0.100. The van der Waals surface area contributed by atoms with Crippen LogP contribution in [0.5, 0.6) is 0 Å². The number of piperidine rings is 1. The maximum atomic E-state index is 5.85. The summed E-state index contributed by atoms with van der Waals surface area (Å²) in [4.78, 5) is 2.63. The van der Waals surface area contributed by atoms with Crippen LogP contribution >= 0.6 is 0 Å². The predicted octanol–water partition coefficient (Wildman–Crippen LogP) is 3.12. The van der Waals surface area contributed by atoms with E-state index in [4.69, 9.17) is 5.73 Å². The summed E-state index contributed by atoms with van der Waals surface area (Å²) < 4.78 is 0. The van der Waals surface area contributed by atoms with Gasteiger partial charge in [-0.3, -0.25) is 0 Å². The van der Waals surface area contributed by atoms with E-state index in [0.717, 1.165) is 12.5 Å². The first-order valence-corrected chi connectivity index (χ1v) is 7.39. The first-order chi connectivity index (χ1) is 7.97. The summed E-state index contributed by atoms with van der Waals surface area (Å²) in [5, 5.41) is 0. The van der Waals surface area contributed by atoms with Crippen LogP contribution in [0.2, 0.25) is 0 Å². The quantitative estimate of drug-likeness (QED) is 0.800. The maximum Gasteiger partial charge on any atom is 0.00217 e. The van der Waals surface area contributed by atoms with Crippen LogP contribution in [-0.2, 0) is 0 Å². The second-order valence-corrected chi connectivity index (χ2v) is 6.83. The molecule has 2 nitrogen and oxygen atoms in total. The molecule has 0 aromatic carbocycles. The van der Waals surface area contributed by atoms with Gasteiger partial charge in [0.1, 0.15) is 0 Å². The molecule has 1 unspecified atom stereocenters. The highest BCUT2D eigenvalue weighted by Crippen LogP contribution is 2.34. The SMILES string of the molecule is CCCC(CN)CN1CCC(C(C)(C)C)CC1. The fraction of sp³-hybridized carbons (Fsp3) is 1.00. The minimum atomic E-state index is 0.489. The Morgan fingerprint density at radius 2 is 1.82 bits per heavy atom. The summed E-state index contributed by atoms with van der Waals surface area (Å²) in [7, 11) is 0. The topological polar surface area (TPSA) is 29.3 Å². The van der Waals surface area contributed by atoms with Crippen LogP contribution < -0.4 is 5.73 Å². The van der Waals surface area contributed by atoms with E-state index in [9.17, 15) is 0 Å². The van der Waals surface area contributed by atoms with Crippen LogP contribution in [0, 0.1) is 17.3 Å². The standard InChI is InChI=1S/C15H32N2/c1-5-6-13(11-16)12-17-9-7-14(8-10-17)15(2,3)4/h13-14H,5-12,16H2,1-4H3. The number of hydrogen-bond acceptors (Lipinski definition) is 2. The molecule has 0 amide bonds. The van der Waals surface area contributed by atoms with Crippen LogP contribution in [0.15, 0.2) is 0 Å². The molecular weight excluding hydrogens is 208 g/mol. The smallest absolute Gasteiger partial charge is 0.00217 e. The second-order valence-electron chi connectivity index (χ2n) is 6.83. The molecule has 0 aliphatic carbocycles. The van der Waals surface area contributed by atoms with Gasteiger partial charge in [0.2, 0.25) is 0 Å². The van der Waals surface area contributed by atoms with Gasteiger partial charge in [-0.15, -0.1) is 0 Å². The first kappa shape index (κ1) is 15.0. The van der Waals surface area contributed by atoms with Gasteiger partial charge < -0.3 is 10.6 Å². The number of nitrogens with two attached hydrogens (primary N) is 1. The minimum absolute atomic E-state index is 0.489. The zero-order chi connectivity index (χ0) is 12.9. The Morgan fingerprint density at radius 1 is 1.24 bits per heavy atom. The van der Waals surface area contributed by atoms with Gasteiger partial charge in [-0.1, -0.05) is 34.1 Å². The molecular formula is C15H32N2. The first-order valence-electron chi connectivity index (χ1n) is 7.39. The van der Waals surface area contributed by atoms with Crippen LogP contribution in [-0.4, -0.2) is 31.1 Å².